The second-order valence-corrected chi connectivity index (χ2v) is 5.93. The van der Waals surface area contributed by atoms with Gasteiger partial charge in [-0.2, -0.15) is 0 Å². The monoisotopic (exact) mass is 226 g/mol. The lowest BCUT2D eigenvalue weighted by Crippen LogP contribution is -2.36. The van der Waals surface area contributed by atoms with Crippen LogP contribution in [0.1, 0.15) is 19.4 Å². The van der Waals surface area contributed by atoms with Crippen molar-refractivity contribution in [3.8, 4) is 0 Å². The highest BCUT2D eigenvalue weighted by atomic mass is 32.2. The van der Waals surface area contributed by atoms with E-state index >= 15 is 0 Å². The van der Waals surface area contributed by atoms with Crippen LogP contribution in [0.2, 0.25) is 0 Å². The third kappa shape index (κ3) is 2.45. The number of aryl methyl sites for hydroxylation is 1. The molecule has 0 spiro atoms. The predicted octanol–water partition coefficient (Wildman–Crippen LogP) is 1.97. The van der Waals surface area contributed by atoms with Crippen LogP contribution < -0.4 is 0 Å². The van der Waals surface area contributed by atoms with Gasteiger partial charge in [-0.25, -0.2) is 0 Å². The van der Waals surface area contributed by atoms with Crippen LogP contribution in [-0.2, 0) is 15.6 Å². The van der Waals surface area contributed by atoms with Crippen LogP contribution >= 0.6 is 0 Å². The SMILES string of the molecule is Cc1cccc(S(=O)C(C)(C)C(=O)O)c1. The van der Waals surface area contributed by atoms with E-state index in [1.54, 1.807) is 18.2 Å². The number of carboxylic acids is 1. The molecule has 0 aliphatic carbocycles. The lowest BCUT2D eigenvalue weighted by atomic mass is 10.2. The van der Waals surface area contributed by atoms with Gasteiger partial charge in [-0.05, 0) is 38.5 Å². The van der Waals surface area contributed by atoms with Crippen molar-refractivity contribution in [3.63, 3.8) is 0 Å². The van der Waals surface area contributed by atoms with Gasteiger partial charge >= 0.3 is 5.97 Å². The molecule has 1 aromatic carbocycles. The maximum Gasteiger partial charge on any atom is 0.322 e. The fraction of sp³-hybridized carbons (Fsp3) is 0.364. The van der Waals surface area contributed by atoms with Crippen molar-refractivity contribution in [2.45, 2.75) is 30.4 Å². The first-order valence-corrected chi connectivity index (χ1v) is 5.72. The van der Waals surface area contributed by atoms with Crippen molar-refractivity contribution >= 4 is 16.8 Å². The fourth-order valence-corrected chi connectivity index (χ4v) is 2.35. The van der Waals surface area contributed by atoms with Crippen molar-refractivity contribution in [2.75, 3.05) is 0 Å². The molecule has 0 aliphatic heterocycles. The van der Waals surface area contributed by atoms with E-state index < -0.39 is 21.5 Å². The molecule has 15 heavy (non-hydrogen) atoms. The van der Waals surface area contributed by atoms with Crippen molar-refractivity contribution < 1.29 is 14.1 Å². The molecule has 0 amide bonds. The number of rotatable bonds is 3. The maximum absolute atomic E-state index is 12.0. The highest BCUT2D eigenvalue weighted by molar-refractivity contribution is 7.87. The number of aliphatic carboxylic acids is 1. The first kappa shape index (κ1) is 11.9. The summed E-state index contributed by atoms with van der Waals surface area (Å²) in [4.78, 5) is 11.5. The fourth-order valence-electron chi connectivity index (χ4n) is 1.10. The van der Waals surface area contributed by atoms with Crippen molar-refractivity contribution in [3.05, 3.63) is 29.8 Å². The van der Waals surface area contributed by atoms with Crippen LogP contribution in [0, 0.1) is 6.92 Å². The van der Waals surface area contributed by atoms with Crippen LogP contribution in [-0.4, -0.2) is 20.0 Å². The molecule has 0 radical (unpaired) electrons. The van der Waals surface area contributed by atoms with Gasteiger partial charge < -0.3 is 5.11 Å². The second-order valence-electron chi connectivity index (χ2n) is 3.90. The minimum atomic E-state index is -1.53. The Bertz CT molecular complexity index is 410. The topological polar surface area (TPSA) is 54.4 Å². The molecule has 0 saturated heterocycles. The first-order chi connectivity index (χ1) is 6.85. The lowest BCUT2D eigenvalue weighted by Gasteiger charge is -2.18. The Hall–Kier alpha value is -1.16. The summed E-state index contributed by atoms with van der Waals surface area (Å²) in [5.41, 5.74) is 0.974. The van der Waals surface area contributed by atoms with Gasteiger partial charge in [0.25, 0.3) is 0 Å². The Morgan fingerprint density at radius 3 is 2.47 bits per heavy atom. The Kier molecular flexibility index (Phi) is 3.29. The van der Waals surface area contributed by atoms with Crippen LogP contribution in [0.25, 0.3) is 0 Å². The summed E-state index contributed by atoms with van der Waals surface area (Å²) in [7, 11) is -1.53. The summed E-state index contributed by atoms with van der Waals surface area (Å²) < 4.78 is 10.7. The average molecular weight is 226 g/mol. The number of hydrogen-bond donors (Lipinski definition) is 1. The molecular formula is C11H14O3S. The molecule has 0 bridgehead atoms. The molecule has 0 saturated carbocycles. The van der Waals surface area contributed by atoms with Gasteiger partial charge in [-0.3, -0.25) is 9.00 Å². The summed E-state index contributed by atoms with van der Waals surface area (Å²) in [5.74, 6) is -1.05. The van der Waals surface area contributed by atoms with Crippen molar-refractivity contribution in [1.82, 2.24) is 0 Å². The maximum atomic E-state index is 12.0. The standard InChI is InChI=1S/C11H14O3S/c1-8-5-4-6-9(7-8)15(14)11(2,3)10(12)13/h4-7H,1-3H3,(H,12,13). The zero-order chi connectivity index (χ0) is 11.6. The number of benzene rings is 1. The van der Waals surface area contributed by atoms with Gasteiger partial charge in [-0.15, -0.1) is 0 Å². The molecule has 1 N–H and O–H groups in total. The third-order valence-electron chi connectivity index (χ3n) is 2.18. The van der Waals surface area contributed by atoms with Crippen LogP contribution in [0.5, 0.6) is 0 Å². The third-order valence-corrected chi connectivity index (χ3v) is 3.97. The minimum absolute atomic E-state index is 0.558. The summed E-state index contributed by atoms with van der Waals surface area (Å²) >= 11 is 0. The zero-order valence-electron chi connectivity index (χ0n) is 8.98. The molecule has 1 unspecified atom stereocenters. The van der Waals surface area contributed by atoms with Crippen LogP contribution in [0.4, 0.5) is 0 Å². The summed E-state index contributed by atoms with van der Waals surface area (Å²) in [6.07, 6.45) is 0. The van der Waals surface area contributed by atoms with Gasteiger partial charge in [0.05, 0.1) is 10.8 Å². The van der Waals surface area contributed by atoms with Gasteiger partial charge in [-0.1, -0.05) is 12.1 Å². The lowest BCUT2D eigenvalue weighted by molar-refractivity contribution is -0.139. The zero-order valence-corrected chi connectivity index (χ0v) is 9.80. The van der Waals surface area contributed by atoms with E-state index in [-0.39, 0.29) is 0 Å². The first-order valence-electron chi connectivity index (χ1n) is 4.57. The number of carboxylic acid groups (broad SMARTS) is 1. The normalized spacial score (nSPS) is 13.5. The average Bonchev–Trinajstić information content (AvgIpc) is 2.16. The summed E-state index contributed by atoms with van der Waals surface area (Å²) in [6.45, 7) is 4.82. The highest BCUT2D eigenvalue weighted by Gasteiger charge is 2.35. The molecule has 1 atom stereocenters. The van der Waals surface area contributed by atoms with E-state index in [9.17, 15) is 9.00 Å². The Morgan fingerprint density at radius 1 is 1.40 bits per heavy atom. The Morgan fingerprint density at radius 2 is 2.00 bits per heavy atom. The molecular weight excluding hydrogens is 212 g/mol. The molecule has 0 fully saturated rings. The number of hydrogen-bond acceptors (Lipinski definition) is 2. The minimum Gasteiger partial charge on any atom is -0.480 e. The molecule has 1 aromatic rings. The molecule has 82 valence electrons. The molecule has 0 aromatic heterocycles. The van der Waals surface area contributed by atoms with E-state index in [0.29, 0.717) is 4.90 Å². The van der Waals surface area contributed by atoms with Gasteiger partial charge in [0.15, 0.2) is 0 Å². The smallest absolute Gasteiger partial charge is 0.322 e. The quantitative estimate of drug-likeness (QED) is 0.857. The van der Waals surface area contributed by atoms with Gasteiger partial charge in [0, 0.05) is 4.90 Å². The summed E-state index contributed by atoms with van der Waals surface area (Å²) in [6, 6.07) is 7.10. The number of carbonyl (C=O) groups is 1. The van der Waals surface area contributed by atoms with E-state index in [0.717, 1.165) is 5.56 Å². The van der Waals surface area contributed by atoms with Gasteiger partial charge in [0.1, 0.15) is 4.75 Å². The Balaban J connectivity index is 3.10. The Labute approximate surface area is 91.6 Å². The van der Waals surface area contributed by atoms with Crippen LogP contribution in [0.3, 0.4) is 0 Å². The van der Waals surface area contributed by atoms with Crippen molar-refractivity contribution in [1.29, 1.82) is 0 Å². The molecule has 3 nitrogen and oxygen atoms in total. The highest BCUT2D eigenvalue weighted by Crippen LogP contribution is 2.21. The van der Waals surface area contributed by atoms with Crippen molar-refractivity contribution in [2.24, 2.45) is 0 Å². The predicted molar refractivity (Wildman–Crippen MR) is 59.3 cm³/mol. The van der Waals surface area contributed by atoms with Gasteiger partial charge in [0.2, 0.25) is 0 Å². The van der Waals surface area contributed by atoms with E-state index in [1.807, 2.05) is 13.0 Å². The van der Waals surface area contributed by atoms with E-state index in [2.05, 4.69) is 0 Å². The molecule has 4 heteroatoms. The molecule has 1 rings (SSSR count). The van der Waals surface area contributed by atoms with Crippen LogP contribution in [0.15, 0.2) is 29.2 Å². The summed E-state index contributed by atoms with van der Waals surface area (Å²) in [5, 5.41) is 8.95. The largest absolute Gasteiger partial charge is 0.480 e. The second kappa shape index (κ2) is 4.14. The van der Waals surface area contributed by atoms with E-state index in [4.69, 9.17) is 5.11 Å². The molecule has 0 aliphatic rings. The molecule has 0 heterocycles. The van der Waals surface area contributed by atoms with E-state index in [1.165, 1.54) is 13.8 Å².